The maximum atomic E-state index is 4.78. The van der Waals surface area contributed by atoms with Crippen LogP contribution in [-0.4, -0.2) is 9.97 Å². The molecule has 4 heteroatoms. The molecule has 0 amide bonds. The number of nitrogens with zero attached hydrogens (tertiary/aromatic N) is 3. The van der Waals surface area contributed by atoms with Crippen LogP contribution in [0.1, 0.15) is 24.2 Å². The van der Waals surface area contributed by atoms with E-state index in [1.165, 1.54) is 0 Å². The number of hydrogen-bond acceptors (Lipinski definition) is 3. The first-order valence-corrected chi connectivity index (χ1v) is 8.33. The van der Waals surface area contributed by atoms with Crippen molar-refractivity contribution in [1.82, 2.24) is 9.97 Å². The third kappa shape index (κ3) is 4.17. The van der Waals surface area contributed by atoms with E-state index in [-0.39, 0.29) is 21.1 Å². The molecule has 0 fully saturated rings. The summed E-state index contributed by atoms with van der Waals surface area (Å²) in [5.74, 6) is 1.66. The Morgan fingerprint density at radius 1 is 0.654 bits per heavy atom. The van der Waals surface area contributed by atoms with E-state index in [1.807, 2.05) is 66.7 Å². The van der Waals surface area contributed by atoms with Crippen LogP contribution in [0.2, 0.25) is 0 Å². The van der Waals surface area contributed by atoms with Gasteiger partial charge in [0.1, 0.15) is 11.6 Å². The van der Waals surface area contributed by atoms with E-state index in [4.69, 9.17) is 9.97 Å². The zero-order valence-corrected chi connectivity index (χ0v) is 16.3. The first-order chi connectivity index (χ1) is 12.4. The molecule has 2 aromatic heterocycles. The molecule has 3 heterocycles. The summed E-state index contributed by atoms with van der Waals surface area (Å²) in [5, 5.41) is 0. The zero-order chi connectivity index (χ0) is 16.9. The first kappa shape index (κ1) is 18.3. The predicted molar refractivity (Wildman–Crippen MR) is 101 cm³/mol. The van der Waals surface area contributed by atoms with Crippen LogP contribution >= 0.6 is 0 Å². The van der Waals surface area contributed by atoms with Gasteiger partial charge in [0, 0.05) is 5.69 Å². The molecular formula is C22H17N3Pt. The van der Waals surface area contributed by atoms with Gasteiger partial charge in [-0.05, 0) is 24.3 Å². The molecule has 0 spiro atoms. The Balaban J connectivity index is 0.00000196. The average Bonchev–Trinajstić information content (AvgIpc) is 2.66. The molecule has 3 nitrogen and oxygen atoms in total. The first-order valence-electron chi connectivity index (χ1n) is 8.33. The van der Waals surface area contributed by atoms with Crippen molar-refractivity contribution in [1.29, 1.82) is 0 Å². The van der Waals surface area contributed by atoms with E-state index in [0.29, 0.717) is 0 Å². The number of fused-ring (bicyclic) bond motifs is 4. The second-order valence-electron chi connectivity index (χ2n) is 5.71. The molecule has 0 radical (unpaired) electrons. The quantitative estimate of drug-likeness (QED) is 0.406. The van der Waals surface area contributed by atoms with Crippen molar-refractivity contribution < 1.29 is 21.1 Å². The van der Waals surface area contributed by atoms with Crippen molar-refractivity contribution >= 4 is 29.5 Å². The van der Waals surface area contributed by atoms with Crippen molar-refractivity contribution in [3.05, 3.63) is 90.3 Å². The topological polar surface area (TPSA) is 29.0 Å². The summed E-state index contributed by atoms with van der Waals surface area (Å²) in [4.78, 5) is 11.6. The maximum Gasteiger partial charge on any atom is 2.00 e. The molecule has 26 heavy (non-hydrogen) atoms. The fourth-order valence-electron chi connectivity index (χ4n) is 2.75. The van der Waals surface area contributed by atoms with Gasteiger partial charge in [0.25, 0.3) is 0 Å². The molecule has 0 saturated heterocycles. The van der Waals surface area contributed by atoms with Gasteiger partial charge in [-0.15, -0.1) is 25.0 Å². The number of anilines is 3. The molecule has 3 aromatic rings. The van der Waals surface area contributed by atoms with E-state index in [9.17, 15) is 0 Å². The monoisotopic (exact) mass is 518 g/mol. The fraction of sp³-hybridized carbons (Fsp3) is 0.0909. The molecule has 0 aliphatic carbocycles. The van der Waals surface area contributed by atoms with Crippen molar-refractivity contribution in [2.45, 2.75) is 12.8 Å². The molecule has 0 N–H and O–H groups in total. The summed E-state index contributed by atoms with van der Waals surface area (Å²) >= 11 is 0. The summed E-state index contributed by atoms with van der Waals surface area (Å²) in [6.45, 7) is 0. The Labute approximate surface area is 168 Å². The number of benzene rings is 1. The molecule has 4 bridgehead atoms. The molecule has 4 rings (SSSR count). The smallest absolute Gasteiger partial charge is 0.329 e. The van der Waals surface area contributed by atoms with Gasteiger partial charge in [0.2, 0.25) is 0 Å². The average molecular weight is 518 g/mol. The van der Waals surface area contributed by atoms with Crippen LogP contribution in [0.15, 0.2) is 66.7 Å². The minimum atomic E-state index is 0. The summed E-state index contributed by atoms with van der Waals surface area (Å²) in [6, 6.07) is 22.2. The Kier molecular flexibility index (Phi) is 6.14. The van der Waals surface area contributed by atoms with Crippen LogP contribution in [0.3, 0.4) is 0 Å². The van der Waals surface area contributed by atoms with Crippen LogP contribution in [0.5, 0.6) is 0 Å². The Bertz CT molecular complexity index is 862. The number of rotatable bonds is 1. The standard InChI is InChI=1S/C22H17N3.Pt/c1-2-5-11-19-13-9-17-22(24-19)25(20-14-6-3-7-15-20)21-16-8-12-18(23-21)10-4-1;/h3,6-17H,1-2H2;/q-2;+2. The minimum Gasteiger partial charge on any atom is -0.329 e. The van der Waals surface area contributed by atoms with Crippen LogP contribution in [0.25, 0.3) is 12.2 Å². The maximum absolute atomic E-state index is 4.78. The number of hydrogen-bond donors (Lipinski definition) is 0. The van der Waals surface area contributed by atoms with Gasteiger partial charge in [0.05, 0.1) is 0 Å². The third-order valence-corrected chi connectivity index (χ3v) is 3.90. The third-order valence-electron chi connectivity index (χ3n) is 3.90. The molecule has 0 saturated carbocycles. The van der Waals surface area contributed by atoms with E-state index >= 15 is 0 Å². The summed E-state index contributed by atoms with van der Waals surface area (Å²) in [5.41, 5.74) is 2.79. The summed E-state index contributed by atoms with van der Waals surface area (Å²) in [6.07, 6.45) is 12.1. The second kappa shape index (κ2) is 8.73. The number of para-hydroxylation sites is 1. The second-order valence-corrected chi connectivity index (χ2v) is 5.71. The largest absolute Gasteiger partial charge is 2.00 e. The fourth-order valence-corrected chi connectivity index (χ4v) is 2.75. The Morgan fingerprint density at radius 2 is 1.19 bits per heavy atom. The number of allylic oxidation sites excluding steroid dienone is 2. The van der Waals surface area contributed by atoms with Crippen molar-refractivity contribution in [3.63, 3.8) is 0 Å². The predicted octanol–water partition coefficient (Wildman–Crippen LogP) is 5.37. The van der Waals surface area contributed by atoms with Gasteiger partial charge < -0.3 is 9.97 Å². The van der Waals surface area contributed by atoms with Gasteiger partial charge >= 0.3 is 21.1 Å². The van der Waals surface area contributed by atoms with E-state index in [1.54, 1.807) is 0 Å². The zero-order valence-electron chi connectivity index (χ0n) is 14.1. The van der Waals surface area contributed by atoms with Gasteiger partial charge in [-0.2, -0.15) is 0 Å². The molecule has 1 aliphatic heterocycles. The van der Waals surface area contributed by atoms with Gasteiger partial charge in [0.15, 0.2) is 0 Å². The van der Waals surface area contributed by atoms with Crippen molar-refractivity contribution in [2.75, 3.05) is 4.90 Å². The summed E-state index contributed by atoms with van der Waals surface area (Å²) in [7, 11) is 0. The van der Waals surface area contributed by atoms with Gasteiger partial charge in [-0.1, -0.05) is 41.7 Å². The minimum absolute atomic E-state index is 0. The van der Waals surface area contributed by atoms with Gasteiger partial charge in [-0.3, -0.25) is 17.1 Å². The molecule has 0 unspecified atom stereocenters. The van der Waals surface area contributed by atoms with Crippen LogP contribution < -0.4 is 4.90 Å². The van der Waals surface area contributed by atoms with Crippen molar-refractivity contribution in [2.24, 2.45) is 0 Å². The molecule has 1 aromatic carbocycles. The molecule has 130 valence electrons. The SMILES string of the molecule is [C-]1=Cc2cccc(n2)N(c2ccccc2)c2cccc(n2)C=[C-]CC1.[Pt+2]. The van der Waals surface area contributed by atoms with Crippen LogP contribution in [-0.2, 0) is 21.1 Å². The van der Waals surface area contributed by atoms with Crippen LogP contribution in [0.4, 0.5) is 17.3 Å². The van der Waals surface area contributed by atoms with Crippen LogP contribution in [0, 0.1) is 12.2 Å². The van der Waals surface area contributed by atoms with E-state index < -0.39 is 0 Å². The van der Waals surface area contributed by atoms with Crippen molar-refractivity contribution in [3.8, 4) is 0 Å². The number of aromatic nitrogens is 2. The molecule has 0 atom stereocenters. The van der Waals surface area contributed by atoms with E-state index in [2.05, 4.69) is 29.2 Å². The molecule has 1 aliphatic rings. The normalized spacial score (nSPS) is 13.2. The Hall–Kier alpha value is -2.51. The van der Waals surface area contributed by atoms with Gasteiger partial charge in [-0.25, -0.2) is 12.2 Å². The number of pyridine rings is 2. The Morgan fingerprint density at radius 3 is 1.73 bits per heavy atom. The summed E-state index contributed by atoms with van der Waals surface area (Å²) < 4.78 is 0. The van der Waals surface area contributed by atoms with E-state index in [0.717, 1.165) is 41.6 Å². The molecular weight excluding hydrogens is 501 g/mol.